The summed E-state index contributed by atoms with van der Waals surface area (Å²) < 4.78 is 0. The van der Waals surface area contributed by atoms with Crippen LogP contribution in [-0.4, -0.2) is 11.2 Å². The average Bonchev–Trinajstić information content (AvgIpc) is 1.94. The number of aromatic nitrogens is 1. The van der Waals surface area contributed by atoms with Gasteiger partial charge in [0.2, 0.25) is 0 Å². The van der Waals surface area contributed by atoms with E-state index in [1.165, 1.54) is 18.0 Å². The third-order valence-corrected chi connectivity index (χ3v) is 2.36. The maximum atomic E-state index is 5.71. The first-order valence-corrected chi connectivity index (χ1v) is 4.57. The van der Waals surface area contributed by atoms with Crippen LogP contribution in [0.25, 0.3) is 0 Å². The Morgan fingerprint density at radius 3 is 2.70 bits per heavy atom. The number of halogens is 2. The summed E-state index contributed by atoms with van der Waals surface area (Å²) >= 11 is 12.9. The van der Waals surface area contributed by atoms with E-state index in [9.17, 15) is 0 Å². The molecule has 1 rings (SSSR count). The number of nitrogens with zero attached hydrogens (tertiary/aromatic N) is 1. The Morgan fingerprint density at radius 1 is 1.50 bits per heavy atom. The van der Waals surface area contributed by atoms with E-state index in [-0.39, 0.29) is 0 Å². The fourth-order valence-electron chi connectivity index (χ4n) is 0.547. The van der Waals surface area contributed by atoms with Crippen LogP contribution in [0.4, 0.5) is 0 Å². The van der Waals surface area contributed by atoms with Gasteiger partial charge in [-0.2, -0.15) is 0 Å². The minimum Gasteiger partial charge on any atom is -0.242 e. The van der Waals surface area contributed by atoms with Crippen molar-refractivity contribution in [1.82, 2.24) is 4.98 Å². The highest BCUT2D eigenvalue weighted by atomic mass is 35.5. The van der Waals surface area contributed by atoms with Gasteiger partial charge in [0, 0.05) is 11.1 Å². The van der Waals surface area contributed by atoms with E-state index in [0.717, 1.165) is 4.90 Å². The van der Waals surface area contributed by atoms with E-state index < -0.39 is 0 Å². The number of thioether (sulfide) groups is 1. The van der Waals surface area contributed by atoms with Crippen LogP contribution in [-0.2, 0) is 0 Å². The highest BCUT2D eigenvalue weighted by molar-refractivity contribution is 7.98. The summed E-state index contributed by atoms with van der Waals surface area (Å²) in [5, 5.41) is 1.13. The second-order valence-electron chi connectivity index (χ2n) is 1.65. The molecule has 0 aliphatic carbocycles. The molecule has 1 aromatic heterocycles. The Kier molecular flexibility index (Phi) is 2.83. The molecule has 0 atom stereocenters. The topological polar surface area (TPSA) is 12.9 Å². The highest BCUT2D eigenvalue weighted by Crippen LogP contribution is 2.25. The summed E-state index contributed by atoms with van der Waals surface area (Å²) in [7, 11) is 0. The standard InChI is InChI=1S/C6H5Cl2NS/c1-10-5-2-4(7)3-9-6(5)8/h2-3H,1H3. The molecule has 0 fully saturated rings. The molecule has 4 heteroatoms. The van der Waals surface area contributed by atoms with Crippen LogP contribution in [0.15, 0.2) is 17.2 Å². The van der Waals surface area contributed by atoms with Gasteiger partial charge in [0.05, 0.1) is 5.02 Å². The van der Waals surface area contributed by atoms with Gasteiger partial charge in [0.15, 0.2) is 0 Å². The molecule has 0 aromatic carbocycles. The van der Waals surface area contributed by atoms with Gasteiger partial charge in [-0.1, -0.05) is 23.2 Å². The molecule has 0 bridgehead atoms. The van der Waals surface area contributed by atoms with Crippen molar-refractivity contribution >= 4 is 35.0 Å². The van der Waals surface area contributed by atoms with Gasteiger partial charge in [0.1, 0.15) is 5.15 Å². The van der Waals surface area contributed by atoms with Gasteiger partial charge in [-0.25, -0.2) is 4.98 Å². The summed E-state index contributed by atoms with van der Waals surface area (Å²) in [4.78, 5) is 4.77. The zero-order valence-corrected chi connectivity index (χ0v) is 7.59. The molecule has 0 radical (unpaired) electrons. The first kappa shape index (κ1) is 8.18. The number of pyridine rings is 1. The molecule has 1 nitrogen and oxygen atoms in total. The lowest BCUT2D eigenvalue weighted by atomic mass is 10.5. The van der Waals surface area contributed by atoms with E-state index >= 15 is 0 Å². The van der Waals surface area contributed by atoms with Gasteiger partial charge in [0.25, 0.3) is 0 Å². The van der Waals surface area contributed by atoms with E-state index in [2.05, 4.69) is 4.98 Å². The van der Waals surface area contributed by atoms with E-state index in [0.29, 0.717) is 10.2 Å². The maximum Gasteiger partial charge on any atom is 0.142 e. The van der Waals surface area contributed by atoms with Gasteiger partial charge >= 0.3 is 0 Å². The quantitative estimate of drug-likeness (QED) is 0.503. The van der Waals surface area contributed by atoms with Crippen molar-refractivity contribution in [3.8, 4) is 0 Å². The van der Waals surface area contributed by atoms with Crippen LogP contribution in [0, 0.1) is 0 Å². The van der Waals surface area contributed by atoms with Crippen LogP contribution in [0.1, 0.15) is 0 Å². The summed E-state index contributed by atoms with van der Waals surface area (Å²) in [6.45, 7) is 0. The van der Waals surface area contributed by atoms with Crippen molar-refractivity contribution in [2.45, 2.75) is 4.90 Å². The average molecular weight is 194 g/mol. The van der Waals surface area contributed by atoms with Crippen molar-refractivity contribution in [2.24, 2.45) is 0 Å². The van der Waals surface area contributed by atoms with Crippen LogP contribution < -0.4 is 0 Å². The molecule has 0 saturated heterocycles. The molecule has 0 saturated carbocycles. The predicted molar refractivity (Wildman–Crippen MR) is 46.0 cm³/mol. The summed E-state index contributed by atoms with van der Waals surface area (Å²) in [5.74, 6) is 0. The fourth-order valence-corrected chi connectivity index (χ4v) is 1.57. The molecular weight excluding hydrogens is 189 g/mol. The van der Waals surface area contributed by atoms with E-state index in [1.54, 1.807) is 6.07 Å². The molecule has 1 heterocycles. The molecule has 0 amide bonds. The van der Waals surface area contributed by atoms with Gasteiger partial charge in [-0.3, -0.25) is 0 Å². The van der Waals surface area contributed by atoms with Crippen LogP contribution in [0.3, 0.4) is 0 Å². The summed E-state index contributed by atoms with van der Waals surface area (Å²) in [5.41, 5.74) is 0. The van der Waals surface area contributed by atoms with Crippen molar-refractivity contribution in [2.75, 3.05) is 6.26 Å². The largest absolute Gasteiger partial charge is 0.242 e. The van der Waals surface area contributed by atoms with Crippen molar-refractivity contribution in [1.29, 1.82) is 0 Å². The molecule has 0 N–H and O–H groups in total. The highest BCUT2D eigenvalue weighted by Gasteiger charge is 1.99. The normalized spacial score (nSPS) is 9.90. The van der Waals surface area contributed by atoms with Crippen LogP contribution >= 0.6 is 35.0 Å². The molecule has 1 aromatic rings. The third kappa shape index (κ3) is 1.78. The number of hydrogen-bond donors (Lipinski definition) is 0. The minimum atomic E-state index is 0.511. The first-order valence-electron chi connectivity index (χ1n) is 2.59. The Morgan fingerprint density at radius 2 is 2.20 bits per heavy atom. The summed E-state index contributed by atoms with van der Waals surface area (Å²) in [6, 6.07) is 1.79. The molecule has 0 unspecified atom stereocenters. The zero-order valence-electron chi connectivity index (χ0n) is 5.27. The molecule has 54 valence electrons. The van der Waals surface area contributed by atoms with Gasteiger partial charge < -0.3 is 0 Å². The number of hydrogen-bond acceptors (Lipinski definition) is 2. The zero-order chi connectivity index (χ0) is 7.56. The summed E-state index contributed by atoms with van der Waals surface area (Å²) in [6.07, 6.45) is 3.46. The first-order chi connectivity index (χ1) is 4.74. The second kappa shape index (κ2) is 3.46. The number of rotatable bonds is 1. The molecule has 10 heavy (non-hydrogen) atoms. The second-order valence-corrected chi connectivity index (χ2v) is 3.29. The third-order valence-electron chi connectivity index (χ3n) is 0.993. The SMILES string of the molecule is CSc1cc(Cl)cnc1Cl. The minimum absolute atomic E-state index is 0.511. The molecular formula is C6H5Cl2NS. The molecule has 0 aliphatic heterocycles. The van der Waals surface area contributed by atoms with Crippen LogP contribution in [0.5, 0.6) is 0 Å². The Bertz CT molecular complexity index is 239. The van der Waals surface area contributed by atoms with Gasteiger partial charge in [-0.15, -0.1) is 11.8 Å². The van der Waals surface area contributed by atoms with E-state index in [4.69, 9.17) is 23.2 Å². The van der Waals surface area contributed by atoms with Crippen LogP contribution in [0.2, 0.25) is 10.2 Å². The smallest absolute Gasteiger partial charge is 0.142 e. The maximum absolute atomic E-state index is 5.71. The lowest BCUT2D eigenvalue weighted by Gasteiger charge is -1.97. The lowest BCUT2D eigenvalue weighted by Crippen LogP contribution is -1.77. The van der Waals surface area contributed by atoms with E-state index in [1.807, 2.05) is 6.26 Å². The van der Waals surface area contributed by atoms with Crippen molar-refractivity contribution in [3.05, 3.63) is 22.4 Å². The Balaban J connectivity index is 3.09. The Labute approximate surface area is 73.7 Å². The fraction of sp³-hybridized carbons (Fsp3) is 0.167. The molecule has 0 spiro atoms. The van der Waals surface area contributed by atoms with Gasteiger partial charge in [-0.05, 0) is 12.3 Å². The molecule has 0 aliphatic rings. The Hall–Kier alpha value is 0.0800. The van der Waals surface area contributed by atoms with Crippen molar-refractivity contribution < 1.29 is 0 Å². The lowest BCUT2D eigenvalue weighted by molar-refractivity contribution is 1.24. The van der Waals surface area contributed by atoms with Crippen molar-refractivity contribution in [3.63, 3.8) is 0 Å². The monoisotopic (exact) mass is 193 g/mol. The predicted octanol–water partition coefficient (Wildman–Crippen LogP) is 3.11.